The van der Waals surface area contributed by atoms with Crippen LogP contribution in [0.1, 0.15) is 13.8 Å². The molecule has 0 aromatic heterocycles. The van der Waals surface area contributed by atoms with Crippen LogP contribution in [-0.4, -0.2) is 18.9 Å². The molecule has 20 heavy (non-hydrogen) atoms. The van der Waals surface area contributed by atoms with Crippen molar-refractivity contribution >= 4 is 38.9 Å². The Kier molecular flexibility index (Phi) is 4.66. The largest absolute Gasteiger partial charge is 0.307 e. The van der Waals surface area contributed by atoms with Gasteiger partial charge in [-0.2, -0.15) is 4.72 Å². The Hall–Kier alpha value is -1.33. The molecule has 0 heterocycles. The third-order valence-electron chi connectivity index (χ3n) is 2.25. The molecule has 0 spiro atoms. The SMILES string of the molecule is C#CC(C)(C)NS(=O)(=O)c1ccc(Cl)c([N+](=O)[O-])c1Cl. The third kappa shape index (κ3) is 3.41. The Bertz CT molecular complexity index is 708. The summed E-state index contributed by atoms with van der Waals surface area (Å²) in [5.74, 6) is 2.24. The molecule has 0 aliphatic carbocycles. The van der Waals surface area contributed by atoms with E-state index in [1.54, 1.807) is 0 Å². The van der Waals surface area contributed by atoms with Crippen LogP contribution in [0, 0.1) is 22.5 Å². The van der Waals surface area contributed by atoms with E-state index in [-0.39, 0.29) is 5.02 Å². The lowest BCUT2D eigenvalue weighted by atomic mass is 10.1. The fourth-order valence-electron chi connectivity index (χ4n) is 1.32. The molecule has 0 amide bonds. The van der Waals surface area contributed by atoms with Crippen LogP contribution in [0.4, 0.5) is 5.69 Å². The maximum absolute atomic E-state index is 12.2. The molecule has 9 heteroatoms. The second kappa shape index (κ2) is 5.58. The van der Waals surface area contributed by atoms with Crippen molar-refractivity contribution < 1.29 is 13.3 Å². The van der Waals surface area contributed by atoms with E-state index in [1.807, 2.05) is 0 Å². The second-order valence-electron chi connectivity index (χ2n) is 4.34. The zero-order valence-electron chi connectivity index (χ0n) is 10.5. The number of hydrogen-bond donors (Lipinski definition) is 1. The zero-order chi connectivity index (χ0) is 15.7. The average Bonchev–Trinajstić information content (AvgIpc) is 2.26. The van der Waals surface area contributed by atoms with Crippen molar-refractivity contribution in [2.75, 3.05) is 0 Å². The molecule has 0 atom stereocenters. The molecule has 0 saturated carbocycles. The number of hydrogen-bond acceptors (Lipinski definition) is 4. The second-order valence-corrected chi connectivity index (χ2v) is 6.78. The minimum atomic E-state index is -4.12. The van der Waals surface area contributed by atoms with Crippen LogP contribution in [0.2, 0.25) is 10.0 Å². The Morgan fingerprint density at radius 2 is 1.95 bits per heavy atom. The summed E-state index contributed by atoms with van der Waals surface area (Å²) in [4.78, 5) is 9.54. The number of terminal acetylenes is 1. The van der Waals surface area contributed by atoms with Gasteiger partial charge in [0.1, 0.15) is 14.9 Å². The topological polar surface area (TPSA) is 89.3 Å². The molecule has 0 fully saturated rings. The normalized spacial score (nSPS) is 11.9. The summed E-state index contributed by atoms with van der Waals surface area (Å²) in [6, 6.07) is 2.16. The molecule has 0 aliphatic heterocycles. The van der Waals surface area contributed by atoms with Crippen molar-refractivity contribution in [1.29, 1.82) is 0 Å². The van der Waals surface area contributed by atoms with E-state index in [2.05, 4.69) is 10.6 Å². The zero-order valence-corrected chi connectivity index (χ0v) is 12.8. The number of benzene rings is 1. The van der Waals surface area contributed by atoms with Crippen LogP contribution < -0.4 is 4.72 Å². The summed E-state index contributed by atoms with van der Waals surface area (Å²) in [5, 5.41) is 10.0. The van der Waals surface area contributed by atoms with Gasteiger partial charge in [0.25, 0.3) is 0 Å². The van der Waals surface area contributed by atoms with Crippen molar-refractivity contribution in [1.82, 2.24) is 4.72 Å². The Balaban J connectivity index is 3.46. The van der Waals surface area contributed by atoms with Gasteiger partial charge in [-0.15, -0.1) is 6.42 Å². The lowest BCUT2D eigenvalue weighted by Gasteiger charge is -2.19. The van der Waals surface area contributed by atoms with Crippen LogP contribution in [0.25, 0.3) is 0 Å². The van der Waals surface area contributed by atoms with Gasteiger partial charge in [0, 0.05) is 0 Å². The highest BCUT2D eigenvalue weighted by atomic mass is 35.5. The van der Waals surface area contributed by atoms with E-state index in [4.69, 9.17) is 29.6 Å². The summed E-state index contributed by atoms with van der Waals surface area (Å²) in [7, 11) is -4.12. The number of sulfonamides is 1. The molecular weight excluding hydrogens is 327 g/mol. The average molecular weight is 337 g/mol. The molecule has 6 nitrogen and oxygen atoms in total. The van der Waals surface area contributed by atoms with Crippen LogP contribution in [0.15, 0.2) is 17.0 Å². The Morgan fingerprint density at radius 3 is 2.40 bits per heavy atom. The van der Waals surface area contributed by atoms with Crippen molar-refractivity contribution in [3.63, 3.8) is 0 Å². The number of nitro groups is 1. The molecule has 1 aromatic rings. The highest BCUT2D eigenvalue weighted by Gasteiger charge is 2.31. The fraction of sp³-hybridized carbons (Fsp3) is 0.273. The predicted octanol–water partition coefficient (Wildman–Crippen LogP) is 2.59. The first-order valence-corrected chi connectivity index (χ1v) is 7.40. The van der Waals surface area contributed by atoms with Gasteiger partial charge in [-0.25, -0.2) is 8.42 Å². The van der Waals surface area contributed by atoms with Crippen LogP contribution in [0.5, 0.6) is 0 Å². The van der Waals surface area contributed by atoms with Crippen LogP contribution >= 0.6 is 23.2 Å². The first-order valence-electron chi connectivity index (χ1n) is 5.16. The van der Waals surface area contributed by atoms with Crippen molar-refractivity contribution in [3.05, 3.63) is 32.3 Å². The smallest absolute Gasteiger partial charge is 0.258 e. The van der Waals surface area contributed by atoms with E-state index in [1.165, 1.54) is 13.8 Å². The minimum absolute atomic E-state index is 0.254. The summed E-state index contributed by atoms with van der Waals surface area (Å²) in [6.45, 7) is 2.92. The minimum Gasteiger partial charge on any atom is -0.258 e. The molecule has 0 bridgehead atoms. The van der Waals surface area contributed by atoms with E-state index >= 15 is 0 Å². The first kappa shape index (κ1) is 16.7. The molecule has 1 N–H and O–H groups in total. The maximum atomic E-state index is 12.2. The lowest BCUT2D eigenvalue weighted by Crippen LogP contribution is -2.42. The van der Waals surface area contributed by atoms with E-state index in [0.717, 1.165) is 12.1 Å². The first-order chi connectivity index (χ1) is 9.02. The summed E-state index contributed by atoms with van der Waals surface area (Å²) in [5.41, 5.74) is -1.84. The van der Waals surface area contributed by atoms with Gasteiger partial charge >= 0.3 is 5.69 Å². The molecule has 0 saturated heterocycles. The van der Waals surface area contributed by atoms with E-state index in [0.29, 0.717) is 0 Å². The predicted molar refractivity (Wildman–Crippen MR) is 76.3 cm³/mol. The third-order valence-corrected chi connectivity index (χ3v) is 4.75. The molecule has 1 rings (SSSR count). The van der Waals surface area contributed by atoms with Gasteiger partial charge in [0.2, 0.25) is 10.0 Å². The Morgan fingerprint density at radius 1 is 1.40 bits per heavy atom. The van der Waals surface area contributed by atoms with Gasteiger partial charge in [-0.1, -0.05) is 29.1 Å². The number of rotatable bonds is 4. The van der Waals surface area contributed by atoms with Gasteiger partial charge in [-0.05, 0) is 26.0 Å². The maximum Gasteiger partial charge on any atom is 0.307 e. The van der Waals surface area contributed by atoms with Crippen LogP contribution in [0.3, 0.4) is 0 Å². The van der Waals surface area contributed by atoms with Crippen molar-refractivity contribution in [3.8, 4) is 12.3 Å². The van der Waals surface area contributed by atoms with Gasteiger partial charge in [-0.3, -0.25) is 10.1 Å². The highest BCUT2D eigenvalue weighted by Crippen LogP contribution is 2.37. The molecular formula is C11H10Cl2N2O4S. The van der Waals surface area contributed by atoms with E-state index in [9.17, 15) is 18.5 Å². The van der Waals surface area contributed by atoms with Crippen molar-refractivity contribution in [2.45, 2.75) is 24.3 Å². The van der Waals surface area contributed by atoms with E-state index < -0.39 is 36.1 Å². The quantitative estimate of drug-likeness (QED) is 0.519. The van der Waals surface area contributed by atoms with Gasteiger partial charge < -0.3 is 0 Å². The summed E-state index contributed by atoms with van der Waals surface area (Å²) < 4.78 is 26.5. The summed E-state index contributed by atoms with van der Waals surface area (Å²) in [6.07, 6.45) is 5.19. The molecule has 0 unspecified atom stereocenters. The highest BCUT2D eigenvalue weighted by molar-refractivity contribution is 7.89. The molecule has 108 valence electrons. The number of halogens is 2. The number of nitrogens with zero attached hydrogens (tertiary/aromatic N) is 1. The molecule has 1 aromatic carbocycles. The van der Waals surface area contributed by atoms with Gasteiger partial charge in [0.15, 0.2) is 0 Å². The summed E-state index contributed by atoms with van der Waals surface area (Å²) >= 11 is 11.4. The number of nitro benzene ring substituents is 1. The standard InChI is InChI=1S/C11H10Cl2N2O4S/c1-4-11(2,3)14-20(18,19)8-6-5-7(12)10(9(8)13)15(16)17/h1,5-6,14H,2-3H3. The molecule has 0 aliphatic rings. The monoisotopic (exact) mass is 336 g/mol. The number of nitrogens with one attached hydrogen (secondary N) is 1. The lowest BCUT2D eigenvalue weighted by molar-refractivity contribution is -0.384. The van der Waals surface area contributed by atoms with Gasteiger partial charge in [0.05, 0.1) is 10.5 Å². The molecule has 0 radical (unpaired) electrons. The van der Waals surface area contributed by atoms with Crippen LogP contribution in [-0.2, 0) is 10.0 Å². The fourth-order valence-corrected chi connectivity index (χ4v) is 3.55. The Labute approximate surface area is 126 Å². The van der Waals surface area contributed by atoms with Crippen molar-refractivity contribution in [2.24, 2.45) is 0 Å².